The molecule has 1 aliphatic rings. The van der Waals surface area contributed by atoms with Gasteiger partial charge in [0.1, 0.15) is 0 Å². The first kappa shape index (κ1) is 11.4. The fraction of sp³-hybridized carbons (Fsp3) is 0.500. The molecule has 86 valence electrons. The second-order valence-electron chi connectivity index (χ2n) is 5.47. The summed E-state index contributed by atoms with van der Waals surface area (Å²) in [5.74, 6) is 1.51. The van der Waals surface area contributed by atoms with Crippen molar-refractivity contribution in [3.63, 3.8) is 0 Å². The van der Waals surface area contributed by atoms with Gasteiger partial charge in [-0.15, -0.1) is 0 Å². The average molecular weight is 214 g/mol. The van der Waals surface area contributed by atoms with Gasteiger partial charge in [0.25, 0.3) is 0 Å². The Morgan fingerprint density at radius 1 is 1.00 bits per heavy atom. The summed E-state index contributed by atoms with van der Waals surface area (Å²) in [5, 5.41) is 0. The summed E-state index contributed by atoms with van der Waals surface area (Å²) in [7, 11) is 0. The van der Waals surface area contributed by atoms with Gasteiger partial charge in [-0.25, -0.2) is 0 Å². The van der Waals surface area contributed by atoms with Crippen LogP contribution in [0.3, 0.4) is 0 Å². The highest BCUT2D eigenvalue weighted by Crippen LogP contribution is 2.40. The van der Waals surface area contributed by atoms with Crippen LogP contribution in [0, 0.1) is 12.8 Å². The van der Waals surface area contributed by atoms with Gasteiger partial charge < -0.3 is 0 Å². The van der Waals surface area contributed by atoms with Crippen molar-refractivity contribution < 1.29 is 0 Å². The van der Waals surface area contributed by atoms with E-state index in [-0.39, 0.29) is 0 Å². The maximum atomic E-state index is 2.39. The molecule has 0 aromatic heterocycles. The number of aryl methyl sites for hydroxylation is 1. The number of allylic oxidation sites excluding steroid dienone is 2. The van der Waals surface area contributed by atoms with Crippen LogP contribution in [0.25, 0.3) is 0 Å². The number of hydrogen-bond acceptors (Lipinski definition) is 0. The van der Waals surface area contributed by atoms with E-state index < -0.39 is 0 Å². The van der Waals surface area contributed by atoms with Crippen LogP contribution in [0.1, 0.15) is 50.7 Å². The Morgan fingerprint density at radius 2 is 1.69 bits per heavy atom. The van der Waals surface area contributed by atoms with Crippen molar-refractivity contribution in [1.82, 2.24) is 0 Å². The van der Waals surface area contributed by atoms with E-state index in [1.54, 1.807) is 11.1 Å². The minimum Gasteiger partial charge on any atom is -0.0741 e. The van der Waals surface area contributed by atoms with Crippen LogP contribution in [-0.4, -0.2) is 0 Å². The predicted molar refractivity (Wildman–Crippen MR) is 70.7 cm³/mol. The van der Waals surface area contributed by atoms with Gasteiger partial charge in [0.2, 0.25) is 0 Å². The Morgan fingerprint density at radius 3 is 2.38 bits per heavy atom. The largest absolute Gasteiger partial charge is 0.0741 e. The van der Waals surface area contributed by atoms with E-state index in [9.17, 15) is 0 Å². The number of rotatable bonds is 1. The molecule has 0 unspecified atom stereocenters. The maximum Gasteiger partial charge on any atom is -0.00959 e. The lowest BCUT2D eigenvalue weighted by Crippen LogP contribution is -2.16. The molecule has 0 aliphatic heterocycles. The third-order valence-electron chi connectivity index (χ3n) is 4.04. The van der Waals surface area contributed by atoms with E-state index in [1.165, 1.54) is 24.0 Å². The molecule has 0 N–H and O–H groups in total. The molecule has 1 aromatic rings. The molecule has 0 radical (unpaired) electrons. The molecule has 2 rings (SSSR count). The van der Waals surface area contributed by atoms with Gasteiger partial charge in [0.05, 0.1) is 0 Å². The molecular weight excluding hydrogens is 192 g/mol. The summed E-state index contributed by atoms with van der Waals surface area (Å²) in [6, 6.07) is 9.03. The monoisotopic (exact) mass is 214 g/mol. The molecular formula is C16H22. The van der Waals surface area contributed by atoms with E-state index in [2.05, 4.69) is 52.0 Å². The van der Waals surface area contributed by atoms with Crippen LogP contribution < -0.4 is 0 Å². The Hall–Kier alpha value is -1.04. The highest BCUT2D eigenvalue weighted by Gasteiger charge is 2.24. The van der Waals surface area contributed by atoms with Gasteiger partial charge in [-0.3, -0.25) is 0 Å². The second kappa shape index (κ2) is 4.45. The van der Waals surface area contributed by atoms with Crippen molar-refractivity contribution in [1.29, 1.82) is 0 Å². The molecule has 0 nitrogen and oxygen atoms in total. The Labute approximate surface area is 99.4 Å². The highest BCUT2D eigenvalue weighted by molar-refractivity contribution is 5.30. The highest BCUT2D eigenvalue weighted by atomic mass is 14.3. The van der Waals surface area contributed by atoms with Gasteiger partial charge in [-0.1, -0.05) is 47.9 Å². The van der Waals surface area contributed by atoms with Crippen molar-refractivity contribution in [2.45, 2.75) is 46.5 Å². The smallest absolute Gasteiger partial charge is 0.00959 e. The molecule has 0 saturated heterocycles. The molecule has 0 fully saturated rings. The molecule has 0 amide bonds. The molecule has 0 heterocycles. The van der Waals surface area contributed by atoms with E-state index in [0.29, 0.717) is 0 Å². The van der Waals surface area contributed by atoms with Gasteiger partial charge in [0.15, 0.2) is 0 Å². The summed E-state index contributed by atoms with van der Waals surface area (Å²) >= 11 is 0. The summed E-state index contributed by atoms with van der Waals surface area (Å²) < 4.78 is 0. The van der Waals surface area contributed by atoms with Crippen LogP contribution in [0.2, 0.25) is 0 Å². The SMILES string of the molecule is CC1=C(C)C[C@H](C)[C@@H](c2cccc(C)c2)C1. The minimum atomic E-state index is 0.726. The zero-order valence-electron chi connectivity index (χ0n) is 10.9. The van der Waals surface area contributed by atoms with E-state index in [0.717, 1.165) is 11.8 Å². The fourth-order valence-electron chi connectivity index (χ4n) is 2.85. The fourth-order valence-corrected chi connectivity index (χ4v) is 2.85. The van der Waals surface area contributed by atoms with Gasteiger partial charge in [-0.2, -0.15) is 0 Å². The minimum absolute atomic E-state index is 0.726. The summed E-state index contributed by atoms with van der Waals surface area (Å²) in [4.78, 5) is 0. The Balaban J connectivity index is 2.29. The molecule has 0 saturated carbocycles. The molecule has 0 bridgehead atoms. The topological polar surface area (TPSA) is 0 Å². The van der Waals surface area contributed by atoms with Crippen LogP contribution >= 0.6 is 0 Å². The van der Waals surface area contributed by atoms with Crippen molar-refractivity contribution >= 4 is 0 Å². The molecule has 16 heavy (non-hydrogen) atoms. The summed E-state index contributed by atoms with van der Waals surface area (Å²) in [6.07, 6.45) is 2.51. The van der Waals surface area contributed by atoms with Gasteiger partial charge in [-0.05, 0) is 51.0 Å². The van der Waals surface area contributed by atoms with Crippen LogP contribution in [0.5, 0.6) is 0 Å². The molecule has 1 aromatic carbocycles. The first-order chi connectivity index (χ1) is 7.58. The predicted octanol–water partition coefficient (Wildman–Crippen LogP) is 4.84. The molecule has 2 atom stereocenters. The lowest BCUT2D eigenvalue weighted by Gasteiger charge is -2.31. The molecule has 0 heteroatoms. The first-order valence-corrected chi connectivity index (χ1v) is 6.29. The van der Waals surface area contributed by atoms with E-state index in [4.69, 9.17) is 0 Å². The third-order valence-corrected chi connectivity index (χ3v) is 4.04. The lowest BCUT2D eigenvalue weighted by atomic mass is 9.74. The second-order valence-corrected chi connectivity index (χ2v) is 5.47. The standard InChI is InChI=1S/C16H22/c1-11-6-5-7-15(8-11)16-10-13(3)12(2)9-14(16)4/h5-8,14,16H,9-10H2,1-4H3/t14-,16-/m0/s1. The quantitative estimate of drug-likeness (QED) is 0.586. The van der Waals surface area contributed by atoms with Crippen molar-refractivity contribution in [3.05, 3.63) is 46.5 Å². The summed E-state index contributed by atoms with van der Waals surface area (Å²) in [5.41, 5.74) is 6.12. The van der Waals surface area contributed by atoms with E-state index >= 15 is 0 Å². The van der Waals surface area contributed by atoms with Crippen LogP contribution in [-0.2, 0) is 0 Å². The molecule has 0 spiro atoms. The normalized spacial score (nSPS) is 26.0. The Bertz CT molecular complexity index is 412. The zero-order valence-corrected chi connectivity index (χ0v) is 10.9. The van der Waals surface area contributed by atoms with E-state index in [1.807, 2.05) is 0 Å². The number of hydrogen-bond donors (Lipinski definition) is 0. The van der Waals surface area contributed by atoms with Crippen LogP contribution in [0.4, 0.5) is 0 Å². The van der Waals surface area contributed by atoms with Crippen molar-refractivity contribution in [3.8, 4) is 0 Å². The maximum absolute atomic E-state index is 2.39. The molecule has 1 aliphatic carbocycles. The number of benzene rings is 1. The zero-order chi connectivity index (χ0) is 11.7. The van der Waals surface area contributed by atoms with Crippen molar-refractivity contribution in [2.75, 3.05) is 0 Å². The summed E-state index contributed by atoms with van der Waals surface area (Å²) in [6.45, 7) is 9.16. The lowest BCUT2D eigenvalue weighted by molar-refractivity contribution is 0.424. The van der Waals surface area contributed by atoms with Gasteiger partial charge in [0, 0.05) is 0 Å². The van der Waals surface area contributed by atoms with Gasteiger partial charge >= 0.3 is 0 Å². The third kappa shape index (κ3) is 2.21. The average Bonchev–Trinajstić information content (AvgIpc) is 2.23. The first-order valence-electron chi connectivity index (χ1n) is 6.29. The van der Waals surface area contributed by atoms with Crippen LogP contribution in [0.15, 0.2) is 35.4 Å². The Kier molecular flexibility index (Phi) is 3.18. The van der Waals surface area contributed by atoms with Crippen molar-refractivity contribution in [2.24, 2.45) is 5.92 Å².